The molecule has 14 heavy (non-hydrogen) atoms. The van der Waals surface area contributed by atoms with Crippen molar-refractivity contribution in [2.24, 2.45) is 0 Å². The van der Waals surface area contributed by atoms with Crippen molar-refractivity contribution in [2.75, 3.05) is 31.7 Å². The summed E-state index contributed by atoms with van der Waals surface area (Å²) in [6.45, 7) is 10.00. The van der Waals surface area contributed by atoms with Gasteiger partial charge < -0.3 is 10.1 Å². The van der Waals surface area contributed by atoms with E-state index in [9.17, 15) is 0 Å². The van der Waals surface area contributed by atoms with Crippen LogP contribution in [0.5, 0.6) is 0 Å². The average Bonchev–Trinajstić information content (AvgIpc) is 2.16. The minimum atomic E-state index is 0.00125. The van der Waals surface area contributed by atoms with E-state index >= 15 is 0 Å². The third kappa shape index (κ3) is 8.60. The zero-order valence-corrected chi connectivity index (χ0v) is 10.5. The molecule has 0 amide bonds. The third-order valence-electron chi connectivity index (χ3n) is 2.12. The van der Waals surface area contributed by atoms with Crippen molar-refractivity contribution in [2.45, 2.75) is 25.9 Å². The molecule has 84 valence electrons. The Morgan fingerprint density at radius 2 is 2.14 bits per heavy atom. The van der Waals surface area contributed by atoms with Crippen molar-refractivity contribution in [1.29, 1.82) is 0 Å². The quantitative estimate of drug-likeness (QED) is 0.473. The Morgan fingerprint density at radius 3 is 2.71 bits per heavy atom. The Morgan fingerprint density at radius 1 is 1.43 bits per heavy atom. The van der Waals surface area contributed by atoms with E-state index in [0.717, 1.165) is 31.0 Å². The summed E-state index contributed by atoms with van der Waals surface area (Å²) >= 11 is 1.91. The third-order valence-corrected chi connectivity index (χ3v) is 3.08. The van der Waals surface area contributed by atoms with Gasteiger partial charge in [0.05, 0.1) is 5.60 Å². The van der Waals surface area contributed by atoms with Gasteiger partial charge in [0, 0.05) is 25.2 Å². The van der Waals surface area contributed by atoms with Crippen LogP contribution in [-0.2, 0) is 4.74 Å². The van der Waals surface area contributed by atoms with E-state index in [-0.39, 0.29) is 5.60 Å². The van der Waals surface area contributed by atoms with Gasteiger partial charge in [-0.2, -0.15) is 11.8 Å². The van der Waals surface area contributed by atoms with Crippen LogP contribution in [0, 0.1) is 0 Å². The standard InChI is InChI=1S/C11H23NOS/c1-5-9-14-10-8-12-7-6-11(2,3)13-4/h5,12H,1,6-10H2,2-4H3. The number of nitrogens with one attached hydrogen (secondary N) is 1. The predicted octanol–water partition coefficient (Wildman–Crippen LogP) is 2.31. The van der Waals surface area contributed by atoms with Gasteiger partial charge in [0.25, 0.3) is 0 Å². The van der Waals surface area contributed by atoms with Crippen LogP contribution in [0.3, 0.4) is 0 Å². The first kappa shape index (κ1) is 14.0. The van der Waals surface area contributed by atoms with Gasteiger partial charge in [-0.15, -0.1) is 6.58 Å². The largest absolute Gasteiger partial charge is 0.379 e. The molecule has 0 aliphatic carbocycles. The van der Waals surface area contributed by atoms with Gasteiger partial charge in [0.1, 0.15) is 0 Å². The molecule has 0 aliphatic rings. The molecule has 0 aliphatic heterocycles. The van der Waals surface area contributed by atoms with Crippen LogP contribution in [0.1, 0.15) is 20.3 Å². The summed E-state index contributed by atoms with van der Waals surface area (Å²) in [5, 5.41) is 3.40. The summed E-state index contributed by atoms with van der Waals surface area (Å²) in [5.74, 6) is 2.20. The molecule has 0 radical (unpaired) electrons. The van der Waals surface area contributed by atoms with Gasteiger partial charge in [-0.05, 0) is 26.8 Å². The highest BCUT2D eigenvalue weighted by molar-refractivity contribution is 7.99. The lowest BCUT2D eigenvalue weighted by Gasteiger charge is -2.22. The molecule has 0 aromatic heterocycles. The van der Waals surface area contributed by atoms with Gasteiger partial charge in [0.2, 0.25) is 0 Å². The van der Waals surface area contributed by atoms with E-state index in [0.29, 0.717) is 0 Å². The van der Waals surface area contributed by atoms with Crippen LogP contribution in [0.25, 0.3) is 0 Å². The summed E-state index contributed by atoms with van der Waals surface area (Å²) in [6, 6.07) is 0. The Hall–Kier alpha value is 0.01000. The smallest absolute Gasteiger partial charge is 0.0634 e. The summed E-state index contributed by atoms with van der Waals surface area (Å²) < 4.78 is 5.32. The maximum absolute atomic E-state index is 5.32. The molecule has 0 saturated carbocycles. The van der Waals surface area contributed by atoms with Crippen molar-refractivity contribution >= 4 is 11.8 Å². The van der Waals surface area contributed by atoms with Crippen LogP contribution >= 0.6 is 11.8 Å². The average molecular weight is 217 g/mol. The minimum Gasteiger partial charge on any atom is -0.379 e. The summed E-state index contributed by atoms with van der Waals surface area (Å²) in [5.41, 5.74) is 0.00125. The lowest BCUT2D eigenvalue weighted by molar-refractivity contribution is 0.0160. The molecule has 3 heteroatoms. The van der Waals surface area contributed by atoms with Crippen molar-refractivity contribution in [1.82, 2.24) is 5.32 Å². The lowest BCUT2D eigenvalue weighted by atomic mass is 10.1. The summed E-state index contributed by atoms with van der Waals surface area (Å²) in [6.07, 6.45) is 2.99. The number of thioether (sulfide) groups is 1. The monoisotopic (exact) mass is 217 g/mol. The highest BCUT2D eigenvalue weighted by atomic mass is 32.2. The first-order chi connectivity index (χ1) is 6.62. The van der Waals surface area contributed by atoms with Crippen LogP contribution < -0.4 is 5.32 Å². The number of hydrogen-bond acceptors (Lipinski definition) is 3. The van der Waals surface area contributed by atoms with Gasteiger partial charge in [-0.1, -0.05) is 6.08 Å². The van der Waals surface area contributed by atoms with Crippen molar-refractivity contribution in [3.8, 4) is 0 Å². The lowest BCUT2D eigenvalue weighted by Crippen LogP contribution is -2.29. The van der Waals surface area contributed by atoms with E-state index in [1.807, 2.05) is 17.8 Å². The summed E-state index contributed by atoms with van der Waals surface area (Å²) in [4.78, 5) is 0. The van der Waals surface area contributed by atoms with Crippen LogP contribution in [0.2, 0.25) is 0 Å². The molecule has 0 spiro atoms. The number of rotatable bonds is 9. The Balaban J connectivity index is 3.17. The molecule has 2 nitrogen and oxygen atoms in total. The molecule has 0 bridgehead atoms. The molecule has 0 aromatic carbocycles. The fourth-order valence-electron chi connectivity index (χ4n) is 0.927. The molecular weight excluding hydrogens is 194 g/mol. The van der Waals surface area contributed by atoms with Crippen LogP contribution in [-0.4, -0.2) is 37.3 Å². The summed E-state index contributed by atoms with van der Waals surface area (Å²) in [7, 11) is 1.76. The highest BCUT2D eigenvalue weighted by Crippen LogP contribution is 2.11. The normalized spacial score (nSPS) is 11.6. The van der Waals surface area contributed by atoms with E-state index in [2.05, 4.69) is 25.7 Å². The SMILES string of the molecule is C=CCSCCNCCC(C)(C)OC. The molecule has 0 saturated heterocycles. The zero-order chi connectivity index (χ0) is 10.9. The Bertz CT molecular complexity index is 148. The molecule has 0 atom stereocenters. The molecular formula is C11H23NOS. The number of hydrogen-bond donors (Lipinski definition) is 1. The molecule has 0 fully saturated rings. The van der Waals surface area contributed by atoms with E-state index in [4.69, 9.17) is 4.74 Å². The van der Waals surface area contributed by atoms with Gasteiger partial charge in [-0.3, -0.25) is 0 Å². The maximum Gasteiger partial charge on any atom is 0.0634 e. The van der Waals surface area contributed by atoms with E-state index in [1.54, 1.807) is 7.11 Å². The van der Waals surface area contributed by atoms with E-state index < -0.39 is 0 Å². The van der Waals surface area contributed by atoms with Crippen molar-refractivity contribution < 1.29 is 4.74 Å². The second-order valence-corrected chi connectivity index (χ2v) is 4.98. The first-order valence-electron chi connectivity index (χ1n) is 5.07. The number of methoxy groups -OCH3 is 1. The molecule has 0 aromatic rings. The first-order valence-corrected chi connectivity index (χ1v) is 6.22. The maximum atomic E-state index is 5.32. The molecule has 0 rings (SSSR count). The van der Waals surface area contributed by atoms with E-state index in [1.165, 1.54) is 0 Å². The van der Waals surface area contributed by atoms with Crippen molar-refractivity contribution in [3.05, 3.63) is 12.7 Å². The number of ether oxygens (including phenoxy) is 1. The minimum absolute atomic E-state index is 0.00125. The fourth-order valence-corrected chi connectivity index (χ4v) is 1.55. The van der Waals surface area contributed by atoms with Gasteiger partial charge in [0.15, 0.2) is 0 Å². The Labute approximate surface area is 92.5 Å². The van der Waals surface area contributed by atoms with Crippen LogP contribution in [0.15, 0.2) is 12.7 Å². The molecule has 0 unspecified atom stereocenters. The second-order valence-electron chi connectivity index (χ2n) is 3.83. The van der Waals surface area contributed by atoms with Crippen LogP contribution in [0.4, 0.5) is 0 Å². The molecule has 1 N–H and O–H groups in total. The Kier molecular flexibility index (Phi) is 8.34. The highest BCUT2D eigenvalue weighted by Gasteiger charge is 2.14. The molecule has 0 heterocycles. The fraction of sp³-hybridized carbons (Fsp3) is 0.818. The predicted molar refractivity (Wildman–Crippen MR) is 66.1 cm³/mol. The second kappa shape index (κ2) is 8.33. The van der Waals surface area contributed by atoms with Gasteiger partial charge >= 0.3 is 0 Å². The topological polar surface area (TPSA) is 21.3 Å². The van der Waals surface area contributed by atoms with Crippen molar-refractivity contribution in [3.63, 3.8) is 0 Å². The van der Waals surface area contributed by atoms with Gasteiger partial charge in [-0.25, -0.2) is 0 Å². The zero-order valence-electron chi connectivity index (χ0n) is 9.64.